The summed E-state index contributed by atoms with van der Waals surface area (Å²) in [6.45, 7) is 3.33. The first kappa shape index (κ1) is 5.45. The fourth-order valence-corrected chi connectivity index (χ4v) is 2.18. The molecule has 1 fully saturated rings. The summed E-state index contributed by atoms with van der Waals surface area (Å²) in [5.74, 6) is 1.84. The summed E-state index contributed by atoms with van der Waals surface area (Å²) in [7, 11) is 0. The topological polar surface area (TPSA) is 12.4 Å². The summed E-state index contributed by atoms with van der Waals surface area (Å²) < 4.78 is 0. The Labute approximate surface area is 56.2 Å². The van der Waals surface area contributed by atoms with Gasteiger partial charge in [0.1, 0.15) is 0 Å². The summed E-state index contributed by atoms with van der Waals surface area (Å²) in [5, 5.41) is 0. The molecular weight excluding hydrogens is 110 g/mol. The van der Waals surface area contributed by atoms with Crippen LogP contribution in [0.25, 0.3) is 0 Å². The molecule has 0 aromatic carbocycles. The average Bonchev–Trinajstić information content (AvgIpc) is 2.35. The summed E-state index contributed by atoms with van der Waals surface area (Å²) in [6, 6.07) is 0. The van der Waals surface area contributed by atoms with Crippen LogP contribution in [0.3, 0.4) is 0 Å². The zero-order valence-corrected chi connectivity index (χ0v) is 5.93. The van der Waals surface area contributed by atoms with Crippen molar-refractivity contribution in [2.24, 2.45) is 16.8 Å². The Balaban J connectivity index is 2.16. The Hall–Kier alpha value is -0.330. The number of aliphatic imine (C=N–C) groups is 1. The van der Waals surface area contributed by atoms with Gasteiger partial charge in [-0.15, -0.1) is 0 Å². The Morgan fingerprint density at radius 2 is 2.33 bits per heavy atom. The number of nitrogens with zero attached hydrogens (tertiary/aromatic N) is 1. The predicted molar refractivity (Wildman–Crippen MR) is 38.8 cm³/mol. The highest BCUT2D eigenvalue weighted by molar-refractivity contribution is 5.86. The highest BCUT2D eigenvalue weighted by Gasteiger charge is 2.32. The zero-order chi connectivity index (χ0) is 6.27. The molecule has 0 aromatic rings. The summed E-state index contributed by atoms with van der Waals surface area (Å²) in [6.07, 6.45) is 4.30. The fourth-order valence-electron chi connectivity index (χ4n) is 2.18. The second kappa shape index (κ2) is 1.83. The van der Waals surface area contributed by atoms with E-state index in [9.17, 15) is 0 Å². The molecule has 1 aliphatic heterocycles. The molecular formula is C8H13N. The fraction of sp³-hybridized carbons (Fsp3) is 0.875. The van der Waals surface area contributed by atoms with Gasteiger partial charge < -0.3 is 0 Å². The zero-order valence-electron chi connectivity index (χ0n) is 5.93. The summed E-state index contributed by atoms with van der Waals surface area (Å²) in [5.41, 5.74) is 1.43. The van der Waals surface area contributed by atoms with Gasteiger partial charge in [-0.3, -0.25) is 4.99 Å². The van der Waals surface area contributed by atoms with Gasteiger partial charge in [0, 0.05) is 18.2 Å². The molecule has 50 valence electrons. The third-order valence-corrected chi connectivity index (χ3v) is 2.77. The first-order chi connectivity index (χ1) is 4.38. The maximum absolute atomic E-state index is 4.44. The maximum atomic E-state index is 4.44. The lowest BCUT2D eigenvalue weighted by Crippen LogP contribution is -2.09. The largest absolute Gasteiger partial charge is 0.294 e. The highest BCUT2D eigenvalue weighted by atomic mass is 14.8. The van der Waals surface area contributed by atoms with Crippen molar-refractivity contribution in [3.63, 3.8) is 0 Å². The quantitative estimate of drug-likeness (QED) is 0.466. The van der Waals surface area contributed by atoms with E-state index in [2.05, 4.69) is 11.9 Å². The molecule has 0 N–H and O–H groups in total. The van der Waals surface area contributed by atoms with Crippen molar-refractivity contribution >= 4 is 5.71 Å². The van der Waals surface area contributed by atoms with Crippen LogP contribution in [0.15, 0.2) is 4.99 Å². The second-order valence-corrected chi connectivity index (χ2v) is 3.28. The van der Waals surface area contributed by atoms with Gasteiger partial charge in [0.2, 0.25) is 0 Å². The molecule has 2 atom stereocenters. The number of hydrogen-bond acceptors (Lipinski definition) is 1. The van der Waals surface area contributed by atoms with Crippen molar-refractivity contribution in [1.82, 2.24) is 0 Å². The number of hydrogen-bond donors (Lipinski definition) is 0. The van der Waals surface area contributed by atoms with Gasteiger partial charge in [0.25, 0.3) is 0 Å². The van der Waals surface area contributed by atoms with Gasteiger partial charge in [-0.05, 0) is 25.7 Å². The first-order valence-electron chi connectivity index (χ1n) is 3.89. The van der Waals surface area contributed by atoms with Crippen molar-refractivity contribution in [2.45, 2.75) is 26.2 Å². The molecule has 1 nitrogen and oxygen atoms in total. The molecule has 0 aromatic heterocycles. The minimum absolute atomic E-state index is 0.894. The van der Waals surface area contributed by atoms with Gasteiger partial charge in [0.05, 0.1) is 0 Å². The van der Waals surface area contributed by atoms with Gasteiger partial charge >= 0.3 is 0 Å². The van der Waals surface area contributed by atoms with E-state index in [0.29, 0.717) is 0 Å². The van der Waals surface area contributed by atoms with Gasteiger partial charge in [0.15, 0.2) is 0 Å². The van der Waals surface area contributed by atoms with E-state index in [1.807, 2.05) is 0 Å². The highest BCUT2D eigenvalue weighted by Crippen LogP contribution is 2.36. The Morgan fingerprint density at radius 3 is 3.11 bits per heavy atom. The maximum Gasteiger partial charge on any atom is 0.0423 e. The van der Waals surface area contributed by atoms with Crippen molar-refractivity contribution in [1.29, 1.82) is 0 Å². The predicted octanol–water partition coefficient (Wildman–Crippen LogP) is 1.88. The van der Waals surface area contributed by atoms with Crippen LogP contribution in [0.1, 0.15) is 26.2 Å². The number of rotatable bonds is 0. The van der Waals surface area contributed by atoms with Crippen LogP contribution in [-0.2, 0) is 0 Å². The molecule has 2 aliphatic rings. The van der Waals surface area contributed by atoms with Crippen LogP contribution < -0.4 is 0 Å². The molecule has 0 saturated heterocycles. The average molecular weight is 123 g/mol. The number of fused-ring (bicyclic) bond motifs is 1. The van der Waals surface area contributed by atoms with E-state index in [1.54, 1.807) is 0 Å². The lowest BCUT2D eigenvalue weighted by Gasteiger charge is -2.06. The molecule has 9 heavy (non-hydrogen) atoms. The van der Waals surface area contributed by atoms with Crippen molar-refractivity contribution < 1.29 is 0 Å². The van der Waals surface area contributed by atoms with Crippen molar-refractivity contribution in [3.05, 3.63) is 0 Å². The van der Waals surface area contributed by atoms with E-state index in [-0.39, 0.29) is 0 Å². The monoisotopic (exact) mass is 123 g/mol. The first-order valence-corrected chi connectivity index (χ1v) is 3.89. The summed E-state index contributed by atoms with van der Waals surface area (Å²) in [4.78, 5) is 4.44. The van der Waals surface area contributed by atoms with Crippen LogP contribution in [0.2, 0.25) is 0 Å². The Morgan fingerprint density at radius 1 is 1.44 bits per heavy atom. The SMILES string of the molecule is CC1=NCC2CCCC12. The second-order valence-electron chi connectivity index (χ2n) is 3.28. The molecule has 2 unspecified atom stereocenters. The molecule has 1 heterocycles. The molecule has 2 rings (SSSR count). The van der Waals surface area contributed by atoms with Crippen LogP contribution in [0.4, 0.5) is 0 Å². The van der Waals surface area contributed by atoms with Crippen molar-refractivity contribution in [2.75, 3.05) is 6.54 Å². The van der Waals surface area contributed by atoms with Crippen LogP contribution in [0.5, 0.6) is 0 Å². The van der Waals surface area contributed by atoms with Gasteiger partial charge in [-0.1, -0.05) is 6.42 Å². The van der Waals surface area contributed by atoms with E-state index in [1.165, 1.54) is 25.0 Å². The minimum atomic E-state index is 0.894. The van der Waals surface area contributed by atoms with E-state index in [0.717, 1.165) is 18.4 Å². The lowest BCUT2D eigenvalue weighted by molar-refractivity contribution is 0.530. The Kier molecular flexibility index (Phi) is 1.11. The van der Waals surface area contributed by atoms with Crippen LogP contribution in [-0.4, -0.2) is 12.3 Å². The standard InChI is InChI=1S/C8H13N/c1-6-8-4-2-3-7(8)5-9-6/h7-8H,2-5H2,1H3. The van der Waals surface area contributed by atoms with Crippen molar-refractivity contribution in [3.8, 4) is 0 Å². The molecule has 1 heteroatoms. The molecule has 0 radical (unpaired) electrons. The van der Waals surface area contributed by atoms with E-state index < -0.39 is 0 Å². The van der Waals surface area contributed by atoms with E-state index >= 15 is 0 Å². The van der Waals surface area contributed by atoms with E-state index in [4.69, 9.17) is 0 Å². The summed E-state index contributed by atoms with van der Waals surface area (Å²) >= 11 is 0. The smallest absolute Gasteiger partial charge is 0.0423 e. The Bertz CT molecular complexity index is 149. The molecule has 0 bridgehead atoms. The van der Waals surface area contributed by atoms with Gasteiger partial charge in [-0.25, -0.2) is 0 Å². The molecule has 1 saturated carbocycles. The molecule has 0 amide bonds. The third kappa shape index (κ3) is 0.707. The molecule has 0 spiro atoms. The van der Waals surface area contributed by atoms with Gasteiger partial charge in [-0.2, -0.15) is 0 Å². The molecule has 1 aliphatic carbocycles. The van der Waals surface area contributed by atoms with Crippen LogP contribution in [0, 0.1) is 11.8 Å². The minimum Gasteiger partial charge on any atom is -0.294 e. The normalized spacial score (nSPS) is 40.8. The third-order valence-electron chi connectivity index (χ3n) is 2.77. The van der Waals surface area contributed by atoms with Crippen LogP contribution >= 0.6 is 0 Å². The lowest BCUT2D eigenvalue weighted by atomic mass is 9.96.